The predicted molar refractivity (Wildman–Crippen MR) is 57.8 cm³/mol. The minimum atomic E-state index is -0.855. The molecule has 0 aromatic heterocycles. The molecule has 4 nitrogen and oxygen atoms in total. The maximum atomic E-state index is 11.2. The zero-order valence-electron chi connectivity index (χ0n) is 9.73. The van der Waals surface area contributed by atoms with Gasteiger partial charge in [0.2, 0.25) is 0 Å². The van der Waals surface area contributed by atoms with Crippen LogP contribution in [0.15, 0.2) is 0 Å². The van der Waals surface area contributed by atoms with E-state index in [1.165, 1.54) is 4.90 Å². The van der Waals surface area contributed by atoms with Gasteiger partial charge in [-0.2, -0.15) is 0 Å². The first-order valence-corrected chi connectivity index (χ1v) is 5.49. The fourth-order valence-electron chi connectivity index (χ4n) is 2.44. The van der Waals surface area contributed by atoms with Crippen LogP contribution in [-0.4, -0.2) is 39.4 Å². The van der Waals surface area contributed by atoms with Gasteiger partial charge in [0.1, 0.15) is 0 Å². The molecule has 1 saturated carbocycles. The Labute approximate surface area is 90.9 Å². The van der Waals surface area contributed by atoms with E-state index in [2.05, 4.69) is 0 Å². The van der Waals surface area contributed by atoms with Crippen molar-refractivity contribution in [2.24, 2.45) is 5.92 Å². The zero-order valence-corrected chi connectivity index (χ0v) is 9.73. The summed E-state index contributed by atoms with van der Waals surface area (Å²) in [7, 11) is 0. The molecular weight excluding hydrogens is 194 g/mol. The van der Waals surface area contributed by atoms with Gasteiger partial charge in [-0.05, 0) is 46.0 Å². The van der Waals surface area contributed by atoms with Gasteiger partial charge in [-0.1, -0.05) is 0 Å². The third kappa shape index (κ3) is 2.84. The maximum Gasteiger partial charge on any atom is 0.407 e. The van der Waals surface area contributed by atoms with E-state index < -0.39 is 6.09 Å². The van der Waals surface area contributed by atoms with Crippen LogP contribution in [0.1, 0.15) is 40.0 Å². The molecule has 0 aliphatic heterocycles. The lowest BCUT2D eigenvalue weighted by Gasteiger charge is -2.38. The molecular formula is C11H21NO3. The Bertz CT molecular complexity index is 234. The standard InChI is InChI=1S/C11H21NO3/c1-11(2,3)12(10(14)15)9-5-4-8(6-9)7-13/h8-9,13H,4-7H2,1-3H3,(H,14,15)/t8-,9+/m0/s1. The molecule has 0 saturated heterocycles. The van der Waals surface area contributed by atoms with Crippen LogP contribution in [0, 0.1) is 5.92 Å². The quantitative estimate of drug-likeness (QED) is 0.740. The van der Waals surface area contributed by atoms with E-state index in [9.17, 15) is 9.90 Å². The summed E-state index contributed by atoms with van der Waals surface area (Å²) in [6, 6.07) is 0.0691. The largest absolute Gasteiger partial charge is 0.465 e. The van der Waals surface area contributed by atoms with Crippen molar-refractivity contribution in [2.45, 2.75) is 51.6 Å². The first-order valence-electron chi connectivity index (χ1n) is 5.49. The van der Waals surface area contributed by atoms with E-state index in [1.807, 2.05) is 20.8 Å². The van der Waals surface area contributed by atoms with Gasteiger partial charge in [0.05, 0.1) is 0 Å². The highest BCUT2D eigenvalue weighted by molar-refractivity contribution is 5.66. The van der Waals surface area contributed by atoms with Gasteiger partial charge >= 0.3 is 6.09 Å². The summed E-state index contributed by atoms with van der Waals surface area (Å²) in [5.41, 5.74) is -0.360. The monoisotopic (exact) mass is 215 g/mol. The fraction of sp³-hybridized carbons (Fsp3) is 0.909. The number of nitrogens with zero attached hydrogens (tertiary/aromatic N) is 1. The Kier molecular flexibility index (Phi) is 3.60. The lowest BCUT2D eigenvalue weighted by molar-refractivity contribution is 0.0693. The summed E-state index contributed by atoms with van der Waals surface area (Å²) in [5.74, 6) is 0.277. The van der Waals surface area contributed by atoms with Crippen molar-refractivity contribution < 1.29 is 15.0 Å². The highest BCUT2D eigenvalue weighted by Gasteiger charge is 2.37. The summed E-state index contributed by atoms with van der Waals surface area (Å²) in [5, 5.41) is 18.2. The number of aliphatic hydroxyl groups excluding tert-OH is 1. The first-order chi connectivity index (χ1) is 6.86. The van der Waals surface area contributed by atoms with Crippen molar-refractivity contribution in [2.75, 3.05) is 6.61 Å². The molecule has 1 amide bonds. The van der Waals surface area contributed by atoms with E-state index >= 15 is 0 Å². The number of amides is 1. The lowest BCUT2D eigenvalue weighted by atomic mass is 10.0. The average molecular weight is 215 g/mol. The SMILES string of the molecule is CC(C)(C)N(C(=O)O)[C@@H]1CC[C@H](CO)C1. The van der Waals surface area contributed by atoms with Gasteiger partial charge in [-0.3, -0.25) is 0 Å². The van der Waals surface area contributed by atoms with Gasteiger partial charge in [0.25, 0.3) is 0 Å². The van der Waals surface area contributed by atoms with Crippen molar-refractivity contribution in [3.8, 4) is 0 Å². The second-order valence-electron chi connectivity index (χ2n) is 5.34. The molecule has 0 unspecified atom stereocenters. The third-order valence-corrected chi connectivity index (χ3v) is 3.07. The number of rotatable bonds is 2. The maximum absolute atomic E-state index is 11.2. The van der Waals surface area contributed by atoms with E-state index in [0.29, 0.717) is 0 Å². The molecule has 4 heteroatoms. The Hall–Kier alpha value is -0.770. The minimum Gasteiger partial charge on any atom is -0.465 e. The number of carboxylic acid groups (broad SMARTS) is 1. The van der Waals surface area contributed by atoms with E-state index in [0.717, 1.165) is 19.3 Å². The first kappa shape index (κ1) is 12.3. The Morgan fingerprint density at radius 2 is 2.00 bits per heavy atom. The van der Waals surface area contributed by atoms with Gasteiger partial charge in [-0.25, -0.2) is 4.79 Å². The minimum absolute atomic E-state index is 0.0691. The smallest absolute Gasteiger partial charge is 0.407 e. The van der Waals surface area contributed by atoms with Crippen molar-refractivity contribution in [3.05, 3.63) is 0 Å². The summed E-state index contributed by atoms with van der Waals surface area (Å²) in [4.78, 5) is 12.7. The molecule has 0 radical (unpaired) electrons. The zero-order chi connectivity index (χ0) is 11.6. The summed E-state index contributed by atoms with van der Waals surface area (Å²) >= 11 is 0. The number of aliphatic hydroxyl groups is 1. The molecule has 15 heavy (non-hydrogen) atoms. The molecule has 1 aliphatic rings. The lowest BCUT2D eigenvalue weighted by Crippen LogP contribution is -2.50. The molecule has 88 valence electrons. The van der Waals surface area contributed by atoms with Crippen LogP contribution in [-0.2, 0) is 0 Å². The fourth-order valence-corrected chi connectivity index (χ4v) is 2.44. The van der Waals surface area contributed by atoms with E-state index in [1.54, 1.807) is 0 Å². The second kappa shape index (κ2) is 4.39. The second-order valence-corrected chi connectivity index (χ2v) is 5.34. The van der Waals surface area contributed by atoms with Crippen LogP contribution in [0.4, 0.5) is 4.79 Å². The van der Waals surface area contributed by atoms with Gasteiger partial charge < -0.3 is 15.1 Å². The molecule has 1 fully saturated rings. The van der Waals surface area contributed by atoms with Crippen molar-refractivity contribution >= 4 is 6.09 Å². The molecule has 0 aromatic rings. The predicted octanol–water partition coefficient (Wildman–Crippen LogP) is 1.93. The summed E-state index contributed by atoms with van der Waals surface area (Å²) in [6.07, 6.45) is 1.74. The molecule has 2 atom stereocenters. The van der Waals surface area contributed by atoms with Gasteiger partial charge in [0, 0.05) is 18.2 Å². The van der Waals surface area contributed by atoms with Gasteiger partial charge in [-0.15, -0.1) is 0 Å². The van der Waals surface area contributed by atoms with Crippen LogP contribution >= 0.6 is 0 Å². The Morgan fingerprint density at radius 1 is 1.40 bits per heavy atom. The molecule has 0 bridgehead atoms. The molecule has 1 aliphatic carbocycles. The Balaban J connectivity index is 2.71. The third-order valence-electron chi connectivity index (χ3n) is 3.07. The highest BCUT2D eigenvalue weighted by atomic mass is 16.4. The molecule has 1 rings (SSSR count). The van der Waals surface area contributed by atoms with Crippen LogP contribution in [0.25, 0.3) is 0 Å². The van der Waals surface area contributed by atoms with Crippen LogP contribution in [0.3, 0.4) is 0 Å². The van der Waals surface area contributed by atoms with E-state index in [-0.39, 0.29) is 24.1 Å². The highest BCUT2D eigenvalue weighted by Crippen LogP contribution is 2.32. The number of hydrogen-bond donors (Lipinski definition) is 2. The van der Waals surface area contributed by atoms with Gasteiger partial charge in [0.15, 0.2) is 0 Å². The topological polar surface area (TPSA) is 60.8 Å². The molecule has 0 aromatic carbocycles. The summed E-state index contributed by atoms with van der Waals surface area (Å²) < 4.78 is 0. The average Bonchev–Trinajstić information content (AvgIpc) is 2.49. The van der Waals surface area contributed by atoms with Crippen molar-refractivity contribution in [3.63, 3.8) is 0 Å². The van der Waals surface area contributed by atoms with Crippen LogP contribution in [0.2, 0.25) is 0 Å². The number of carbonyl (C=O) groups is 1. The molecule has 0 spiro atoms. The van der Waals surface area contributed by atoms with Crippen LogP contribution < -0.4 is 0 Å². The molecule has 2 N–H and O–H groups in total. The van der Waals surface area contributed by atoms with E-state index in [4.69, 9.17) is 5.11 Å². The van der Waals surface area contributed by atoms with Crippen molar-refractivity contribution in [1.82, 2.24) is 4.90 Å². The summed E-state index contributed by atoms with van der Waals surface area (Å²) in [6.45, 7) is 5.91. The molecule has 0 heterocycles. The number of hydrogen-bond acceptors (Lipinski definition) is 2. The normalized spacial score (nSPS) is 26.7. The van der Waals surface area contributed by atoms with Crippen molar-refractivity contribution in [1.29, 1.82) is 0 Å². The van der Waals surface area contributed by atoms with Crippen LogP contribution in [0.5, 0.6) is 0 Å². The Morgan fingerprint density at radius 3 is 2.33 bits per heavy atom.